The zero-order valence-corrected chi connectivity index (χ0v) is 19.0. The average molecular weight is 426 g/mol. The first-order valence-corrected chi connectivity index (χ1v) is 10.4. The summed E-state index contributed by atoms with van der Waals surface area (Å²) in [6, 6.07) is 9.39. The number of hydrogen-bond donors (Lipinski definition) is 1. The van der Waals surface area contributed by atoms with Gasteiger partial charge in [0.2, 0.25) is 0 Å². The van der Waals surface area contributed by atoms with E-state index >= 15 is 0 Å². The van der Waals surface area contributed by atoms with E-state index < -0.39 is 35.4 Å². The van der Waals surface area contributed by atoms with Crippen molar-refractivity contribution in [3.63, 3.8) is 0 Å². The SMILES string of the molecule is CC.Cc1c(B2OC(C)(C)C(C)(C)O2)cccc1-n1c(=O)[nH]c2c(F)cccc2c1=O. The molecule has 1 fully saturated rings. The highest BCUT2D eigenvalue weighted by Crippen LogP contribution is 2.36. The number of rotatable bonds is 2. The second kappa shape index (κ2) is 8.09. The second-order valence-electron chi connectivity index (χ2n) is 8.31. The van der Waals surface area contributed by atoms with Gasteiger partial charge in [0, 0.05) is 0 Å². The van der Waals surface area contributed by atoms with Gasteiger partial charge in [0.1, 0.15) is 5.82 Å². The van der Waals surface area contributed by atoms with Crippen molar-refractivity contribution in [2.75, 3.05) is 0 Å². The Morgan fingerprint density at radius 1 is 0.968 bits per heavy atom. The largest absolute Gasteiger partial charge is 0.495 e. The van der Waals surface area contributed by atoms with Crippen LogP contribution in [0.25, 0.3) is 16.6 Å². The van der Waals surface area contributed by atoms with Crippen molar-refractivity contribution in [3.8, 4) is 5.69 Å². The van der Waals surface area contributed by atoms with Gasteiger partial charge < -0.3 is 14.3 Å². The molecule has 1 aliphatic rings. The Labute approximate surface area is 181 Å². The molecule has 2 aromatic carbocycles. The number of hydrogen-bond acceptors (Lipinski definition) is 4. The third-order valence-electron chi connectivity index (χ3n) is 5.98. The smallest absolute Gasteiger partial charge is 0.399 e. The van der Waals surface area contributed by atoms with Crippen molar-refractivity contribution in [3.05, 3.63) is 68.6 Å². The lowest BCUT2D eigenvalue weighted by molar-refractivity contribution is 0.00578. The van der Waals surface area contributed by atoms with Crippen LogP contribution in [-0.4, -0.2) is 27.9 Å². The monoisotopic (exact) mass is 426 g/mol. The van der Waals surface area contributed by atoms with E-state index in [-0.39, 0.29) is 10.9 Å². The molecule has 0 saturated carbocycles. The van der Waals surface area contributed by atoms with Gasteiger partial charge in [-0.3, -0.25) is 4.79 Å². The minimum atomic E-state index is -0.707. The van der Waals surface area contributed by atoms with E-state index in [4.69, 9.17) is 9.31 Å². The summed E-state index contributed by atoms with van der Waals surface area (Å²) in [5, 5.41) is 0.102. The number of aromatic amines is 1. The standard InChI is InChI=1S/C21H22BFN2O4.C2H6/c1-12-14(22-28-20(2,3)21(4,5)29-22)9-7-11-16(12)25-18(26)13-8-6-10-15(23)17(13)24-19(25)27;1-2/h6-11H,1-5H3,(H,24,27);1-2H3. The van der Waals surface area contributed by atoms with E-state index in [0.29, 0.717) is 11.3 Å². The number of H-pyrrole nitrogens is 1. The Hall–Kier alpha value is -2.71. The van der Waals surface area contributed by atoms with Crippen LogP contribution in [0.5, 0.6) is 0 Å². The van der Waals surface area contributed by atoms with Crippen LogP contribution in [0.4, 0.5) is 4.39 Å². The quantitative estimate of drug-likeness (QED) is 0.638. The highest BCUT2D eigenvalue weighted by atomic mass is 19.1. The van der Waals surface area contributed by atoms with E-state index in [1.807, 2.05) is 47.6 Å². The zero-order valence-electron chi connectivity index (χ0n) is 19.0. The normalized spacial score (nSPS) is 16.8. The van der Waals surface area contributed by atoms with Gasteiger partial charge >= 0.3 is 12.8 Å². The minimum absolute atomic E-state index is 0.0986. The Kier molecular flexibility index (Phi) is 6.00. The van der Waals surface area contributed by atoms with Gasteiger partial charge in [-0.1, -0.05) is 32.0 Å². The topological polar surface area (TPSA) is 73.3 Å². The lowest BCUT2D eigenvalue weighted by atomic mass is 9.76. The maximum atomic E-state index is 14.0. The first-order valence-electron chi connectivity index (χ1n) is 10.4. The average Bonchev–Trinajstić information content (AvgIpc) is 2.92. The third kappa shape index (κ3) is 3.74. The predicted octanol–water partition coefficient (Wildman–Crippen LogP) is 3.45. The summed E-state index contributed by atoms with van der Waals surface area (Å²) in [5.41, 5.74) is -0.627. The van der Waals surface area contributed by atoms with Crippen molar-refractivity contribution >= 4 is 23.5 Å². The van der Waals surface area contributed by atoms with E-state index in [1.165, 1.54) is 18.2 Å². The number of benzene rings is 2. The Balaban J connectivity index is 0.00000132. The van der Waals surface area contributed by atoms with Crippen molar-refractivity contribution in [1.82, 2.24) is 9.55 Å². The van der Waals surface area contributed by atoms with Gasteiger partial charge in [0.15, 0.2) is 0 Å². The van der Waals surface area contributed by atoms with Gasteiger partial charge in [-0.25, -0.2) is 13.8 Å². The number of nitrogens with one attached hydrogen (secondary N) is 1. The summed E-state index contributed by atoms with van der Waals surface area (Å²) >= 11 is 0. The first kappa shape index (κ1) is 23.0. The van der Waals surface area contributed by atoms with E-state index in [1.54, 1.807) is 19.1 Å². The maximum absolute atomic E-state index is 14.0. The maximum Gasteiger partial charge on any atom is 0.495 e. The zero-order chi connectivity index (χ0) is 23.1. The first-order chi connectivity index (χ1) is 14.5. The molecule has 3 aromatic rings. The molecule has 0 atom stereocenters. The van der Waals surface area contributed by atoms with Crippen LogP contribution >= 0.6 is 0 Å². The molecular weight excluding hydrogens is 398 g/mol. The van der Waals surface area contributed by atoms with Crippen LogP contribution in [0.15, 0.2) is 46.0 Å². The summed E-state index contributed by atoms with van der Waals surface area (Å²) in [5.74, 6) is -0.647. The predicted molar refractivity (Wildman–Crippen MR) is 122 cm³/mol. The van der Waals surface area contributed by atoms with Crippen LogP contribution in [0.3, 0.4) is 0 Å². The fraction of sp³-hybridized carbons (Fsp3) is 0.391. The van der Waals surface area contributed by atoms with Gasteiger partial charge in [0.25, 0.3) is 5.56 Å². The Morgan fingerprint density at radius 2 is 1.55 bits per heavy atom. The lowest BCUT2D eigenvalue weighted by Gasteiger charge is -2.32. The van der Waals surface area contributed by atoms with Crippen LogP contribution in [-0.2, 0) is 9.31 Å². The molecule has 31 heavy (non-hydrogen) atoms. The molecule has 6 nitrogen and oxygen atoms in total. The van der Waals surface area contributed by atoms with Crippen molar-refractivity contribution < 1.29 is 13.7 Å². The molecule has 0 aliphatic carbocycles. The summed E-state index contributed by atoms with van der Waals surface area (Å²) in [6.45, 7) is 13.6. The van der Waals surface area contributed by atoms with Crippen LogP contribution in [0.2, 0.25) is 0 Å². The number of halogens is 1. The Bertz CT molecular complexity index is 1230. The highest BCUT2D eigenvalue weighted by molar-refractivity contribution is 6.62. The van der Waals surface area contributed by atoms with E-state index in [9.17, 15) is 14.0 Å². The van der Waals surface area contributed by atoms with Crippen molar-refractivity contribution in [2.24, 2.45) is 0 Å². The van der Waals surface area contributed by atoms with Crippen LogP contribution in [0, 0.1) is 12.7 Å². The molecule has 1 saturated heterocycles. The van der Waals surface area contributed by atoms with Crippen molar-refractivity contribution in [1.29, 1.82) is 0 Å². The molecule has 164 valence electrons. The molecule has 1 aliphatic heterocycles. The molecule has 2 heterocycles. The van der Waals surface area contributed by atoms with Crippen LogP contribution in [0.1, 0.15) is 47.1 Å². The minimum Gasteiger partial charge on any atom is -0.399 e. The fourth-order valence-electron chi connectivity index (χ4n) is 3.53. The molecule has 1 aromatic heterocycles. The van der Waals surface area contributed by atoms with Crippen LogP contribution < -0.4 is 16.7 Å². The highest BCUT2D eigenvalue weighted by Gasteiger charge is 2.52. The van der Waals surface area contributed by atoms with Gasteiger partial charge in [-0.05, 0) is 63.8 Å². The third-order valence-corrected chi connectivity index (χ3v) is 5.98. The Morgan fingerprint density at radius 3 is 2.16 bits per heavy atom. The molecular formula is C23H28BFN2O4. The van der Waals surface area contributed by atoms with E-state index in [2.05, 4.69) is 4.98 Å². The molecule has 1 N–H and O–H groups in total. The van der Waals surface area contributed by atoms with Crippen molar-refractivity contribution in [2.45, 2.75) is 59.7 Å². The molecule has 0 amide bonds. The molecule has 0 radical (unpaired) electrons. The number of fused-ring (bicyclic) bond motifs is 1. The molecule has 0 spiro atoms. The summed E-state index contributed by atoms with van der Waals surface area (Å²) in [6.07, 6.45) is 0. The number of nitrogens with zero attached hydrogens (tertiary/aromatic N) is 1. The number of aromatic nitrogens is 2. The van der Waals surface area contributed by atoms with Gasteiger partial charge in [-0.15, -0.1) is 0 Å². The fourth-order valence-corrected chi connectivity index (χ4v) is 3.53. The van der Waals surface area contributed by atoms with E-state index in [0.717, 1.165) is 10.0 Å². The summed E-state index contributed by atoms with van der Waals surface area (Å²) < 4.78 is 27.3. The van der Waals surface area contributed by atoms with Gasteiger partial charge in [-0.2, -0.15) is 0 Å². The number of para-hydroxylation sites is 1. The molecule has 0 bridgehead atoms. The molecule has 8 heteroatoms. The summed E-state index contributed by atoms with van der Waals surface area (Å²) in [4.78, 5) is 28.2. The van der Waals surface area contributed by atoms with Gasteiger partial charge in [0.05, 0.1) is 27.8 Å². The lowest BCUT2D eigenvalue weighted by Crippen LogP contribution is -2.41. The second-order valence-corrected chi connectivity index (χ2v) is 8.31. The molecule has 4 rings (SSSR count). The molecule has 0 unspecified atom stereocenters. The summed E-state index contributed by atoms with van der Waals surface area (Å²) in [7, 11) is -0.632.